The highest BCUT2D eigenvalue weighted by Crippen LogP contribution is 2.26. The monoisotopic (exact) mass is 305 g/mol. The van der Waals surface area contributed by atoms with Gasteiger partial charge < -0.3 is 10.8 Å². The molecule has 0 atom stereocenters. The van der Waals surface area contributed by atoms with Crippen molar-refractivity contribution in [2.24, 2.45) is 0 Å². The molecule has 0 saturated carbocycles. The molecule has 22 heavy (non-hydrogen) atoms. The summed E-state index contributed by atoms with van der Waals surface area (Å²) in [7, 11) is 0. The Morgan fingerprint density at radius 1 is 0.955 bits per heavy atom. The van der Waals surface area contributed by atoms with Crippen molar-refractivity contribution in [2.45, 2.75) is 78.1 Å². The first-order valence-corrected chi connectivity index (χ1v) is 8.75. The molecule has 0 radical (unpaired) electrons. The van der Waals surface area contributed by atoms with E-state index < -0.39 is 5.97 Å². The predicted octanol–water partition coefficient (Wildman–Crippen LogP) is 5.21. The molecule has 3 nitrogen and oxygen atoms in total. The maximum Gasteiger partial charge on any atom is 0.337 e. The van der Waals surface area contributed by atoms with Gasteiger partial charge in [-0.25, -0.2) is 4.79 Å². The number of benzene rings is 1. The molecule has 3 heteroatoms. The number of hydrogen-bond acceptors (Lipinski definition) is 2. The van der Waals surface area contributed by atoms with Gasteiger partial charge in [0.25, 0.3) is 0 Å². The van der Waals surface area contributed by atoms with Crippen molar-refractivity contribution in [3.63, 3.8) is 0 Å². The number of nitrogen functional groups attached to an aromatic ring is 1. The minimum absolute atomic E-state index is 0.253. The van der Waals surface area contributed by atoms with Crippen LogP contribution in [0.1, 0.15) is 86.7 Å². The molecule has 0 aliphatic carbocycles. The van der Waals surface area contributed by atoms with E-state index in [-0.39, 0.29) is 5.56 Å². The molecule has 0 aliphatic rings. The van der Waals surface area contributed by atoms with Gasteiger partial charge in [0.2, 0.25) is 0 Å². The Morgan fingerprint density at radius 2 is 1.55 bits per heavy atom. The number of nitrogens with two attached hydrogens (primary N) is 1. The van der Waals surface area contributed by atoms with E-state index in [1.165, 1.54) is 44.1 Å². The molecule has 0 aliphatic heterocycles. The summed E-state index contributed by atoms with van der Waals surface area (Å²) >= 11 is 0. The van der Waals surface area contributed by atoms with Crippen LogP contribution in [-0.2, 0) is 12.8 Å². The lowest BCUT2D eigenvalue weighted by Crippen LogP contribution is -2.08. The number of anilines is 1. The molecule has 0 spiro atoms. The van der Waals surface area contributed by atoms with Gasteiger partial charge in [0.05, 0.1) is 5.56 Å². The van der Waals surface area contributed by atoms with Crippen LogP contribution in [0.15, 0.2) is 12.1 Å². The third-order valence-corrected chi connectivity index (χ3v) is 4.26. The molecule has 1 aromatic rings. The van der Waals surface area contributed by atoms with Crippen molar-refractivity contribution in [3.8, 4) is 0 Å². The third kappa shape index (κ3) is 5.70. The number of rotatable bonds is 11. The average molecular weight is 305 g/mol. The van der Waals surface area contributed by atoms with Crippen molar-refractivity contribution in [1.82, 2.24) is 0 Å². The summed E-state index contributed by atoms with van der Waals surface area (Å²) in [6.45, 7) is 4.40. The van der Waals surface area contributed by atoms with Crippen LogP contribution >= 0.6 is 0 Å². The van der Waals surface area contributed by atoms with Gasteiger partial charge in [0.1, 0.15) is 0 Å². The molecule has 3 N–H and O–H groups in total. The largest absolute Gasteiger partial charge is 0.478 e. The van der Waals surface area contributed by atoms with Crippen LogP contribution < -0.4 is 5.73 Å². The molecule has 0 amide bonds. The minimum atomic E-state index is -0.926. The SMILES string of the molecule is CCCCCCc1ccc(C(=O)O)c(N)c1CCCCCC. The highest BCUT2D eigenvalue weighted by atomic mass is 16.4. The number of aryl methyl sites for hydroxylation is 1. The van der Waals surface area contributed by atoms with Crippen LogP contribution in [0.5, 0.6) is 0 Å². The zero-order chi connectivity index (χ0) is 16.4. The van der Waals surface area contributed by atoms with E-state index in [0.29, 0.717) is 5.69 Å². The van der Waals surface area contributed by atoms with E-state index in [4.69, 9.17) is 5.73 Å². The van der Waals surface area contributed by atoms with E-state index >= 15 is 0 Å². The van der Waals surface area contributed by atoms with Gasteiger partial charge >= 0.3 is 5.97 Å². The molecule has 0 unspecified atom stereocenters. The first-order valence-electron chi connectivity index (χ1n) is 8.75. The first kappa shape index (κ1) is 18.5. The second-order valence-electron chi connectivity index (χ2n) is 6.09. The molecule has 0 bridgehead atoms. The molecule has 1 aromatic carbocycles. The number of unbranched alkanes of at least 4 members (excludes halogenated alkanes) is 6. The number of carboxylic acid groups (broad SMARTS) is 1. The summed E-state index contributed by atoms with van der Waals surface area (Å²) < 4.78 is 0. The van der Waals surface area contributed by atoms with Crippen molar-refractivity contribution in [1.29, 1.82) is 0 Å². The van der Waals surface area contributed by atoms with Crippen LogP contribution in [0, 0.1) is 0 Å². The van der Waals surface area contributed by atoms with E-state index in [9.17, 15) is 9.90 Å². The van der Waals surface area contributed by atoms with Gasteiger partial charge in [-0.3, -0.25) is 0 Å². The lowest BCUT2D eigenvalue weighted by Gasteiger charge is -2.15. The maximum absolute atomic E-state index is 11.3. The Balaban J connectivity index is 2.83. The van der Waals surface area contributed by atoms with Gasteiger partial charge in [-0.15, -0.1) is 0 Å². The summed E-state index contributed by atoms with van der Waals surface area (Å²) in [5, 5.41) is 9.26. The van der Waals surface area contributed by atoms with Crippen LogP contribution in [0.4, 0.5) is 5.69 Å². The van der Waals surface area contributed by atoms with E-state index in [1.54, 1.807) is 6.07 Å². The Kier molecular flexibility index (Phi) is 8.64. The summed E-state index contributed by atoms with van der Waals surface area (Å²) in [5.74, 6) is -0.926. The zero-order valence-electron chi connectivity index (χ0n) is 14.2. The van der Waals surface area contributed by atoms with Crippen molar-refractivity contribution < 1.29 is 9.90 Å². The molecule has 0 saturated heterocycles. The fourth-order valence-corrected chi connectivity index (χ4v) is 2.90. The van der Waals surface area contributed by atoms with Gasteiger partial charge in [-0.1, -0.05) is 58.4 Å². The topological polar surface area (TPSA) is 63.3 Å². The second-order valence-corrected chi connectivity index (χ2v) is 6.09. The van der Waals surface area contributed by atoms with E-state index in [0.717, 1.165) is 31.2 Å². The highest BCUT2D eigenvalue weighted by Gasteiger charge is 2.14. The van der Waals surface area contributed by atoms with Crippen molar-refractivity contribution >= 4 is 11.7 Å². The third-order valence-electron chi connectivity index (χ3n) is 4.26. The van der Waals surface area contributed by atoms with Gasteiger partial charge in [-0.2, -0.15) is 0 Å². The van der Waals surface area contributed by atoms with Crippen molar-refractivity contribution in [3.05, 3.63) is 28.8 Å². The molecular formula is C19H31NO2. The highest BCUT2D eigenvalue weighted by molar-refractivity contribution is 5.94. The van der Waals surface area contributed by atoms with Crippen LogP contribution in [-0.4, -0.2) is 11.1 Å². The number of carboxylic acids is 1. The Bertz CT molecular complexity index is 469. The molecule has 1 rings (SSSR count). The molecule has 0 fully saturated rings. The van der Waals surface area contributed by atoms with Crippen LogP contribution in [0.25, 0.3) is 0 Å². The van der Waals surface area contributed by atoms with Gasteiger partial charge in [-0.05, 0) is 42.9 Å². The maximum atomic E-state index is 11.3. The standard InChI is InChI=1S/C19H31NO2/c1-3-5-7-9-11-15-13-14-17(19(21)22)18(20)16(15)12-10-8-6-4-2/h13-14H,3-12,20H2,1-2H3,(H,21,22). The van der Waals surface area contributed by atoms with Crippen LogP contribution in [0.2, 0.25) is 0 Å². The lowest BCUT2D eigenvalue weighted by atomic mass is 9.93. The molecular weight excluding hydrogens is 274 g/mol. The quantitative estimate of drug-likeness (QED) is 0.435. The zero-order valence-corrected chi connectivity index (χ0v) is 14.2. The Labute approximate surface area is 134 Å². The number of hydrogen-bond donors (Lipinski definition) is 2. The summed E-state index contributed by atoms with van der Waals surface area (Å²) in [6, 6.07) is 3.64. The molecule has 0 aromatic heterocycles. The smallest absolute Gasteiger partial charge is 0.337 e. The lowest BCUT2D eigenvalue weighted by molar-refractivity contribution is 0.0698. The summed E-state index contributed by atoms with van der Waals surface area (Å²) in [4.78, 5) is 11.3. The normalized spacial score (nSPS) is 10.8. The van der Waals surface area contributed by atoms with Crippen molar-refractivity contribution in [2.75, 3.05) is 5.73 Å². The molecule has 0 heterocycles. The number of aromatic carboxylic acids is 1. The van der Waals surface area contributed by atoms with Crippen LogP contribution in [0.3, 0.4) is 0 Å². The second kappa shape index (κ2) is 10.3. The first-order chi connectivity index (χ1) is 10.6. The summed E-state index contributed by atoms with van der Waals surface area (Å²) in [6.07, 6.45) is 11.5. The fraction of sp³-hybridized carbons (Fsp3) is 0.632. The molecule has 124 valence electrons. The van der Waals surface area contributed by atoms with Gasteiger partial charge in [0, 0.05) is 5.69 Å². The average Bonchev–Trinajstić information content (AvgIpc) is 2.49. The van der Waals surface area contributed by atoms with Gasteiger partial charge in [0.15, 0.2) is 0 Å². The summed E-state index contributed by atoms with van der Waals surface area (Å²) in [5.41, 5.74) is 9.21. The minimum Gasteiger partial charge on any atom is -0.478 e. The number of carbonyl (C=O) groups is 1. The fourth-order valence-electron chi connectivity index (χ4n) is 2.90. The Hall–Kier alpha value is -1.51. The van der Waals surface area contributed by atoms with E-state index in [1.807, 2.05) is 6.07 Å². The predicted molar refractivity (Wildman–Crippen MR) is 93.5 cm³/mol. The van der Waals surface area contributed by atoms with E-state index in [2.05, 4.69) is 13.8 Å². The Morgan fingerprint density at radius 3 is 2.09 bits per heavy atom.